The van der Waals surface area contributed by atoms with Gasteiger partial charge in [0, 0.05) is 17.9 Å². The smallest absolute Gasteiger partial charge is 0.194 e. The minimum absolute atomic E-state index is 0.0809. The number of hydrogen-bond acceptors (Lipinski definition) is 3. The number of hydrogen-bond donors (Lipinski definition) is 0. The second kappa shape index (κ2) is 4.35. The van der Waals surface area contributed by atoms with Crippen LogP contribution in [0, 0.1) is 6.92 Å². The lowest BCUT2D eigenvalue weighted by Gasteiger charge is -2.01. The molecule has 0 saturated carbocycles. The van der Waals surface area contributed by atoms with E-state index in [2.05, 4.69) is 18.0 Å². The van der Waals surface area contributed by atoms with E-state index in [1.807, 2.05) is 24.3 Å². The number of rotatable bonds is 2. The quantitative estimate of drug-likeness (QED) is 0.646. The summed E-state index contributed by atoms with van der Waals surface area (Å²) in [6.07, 6.45) is 1.57. The van der Waals surface area contributed by atoms with Gasteiger partial charge >= 0.3 is 0 Å². The van der Waals surface area contributed by atoms with E-state index in [4.69, 9.17) is 4.42 Å². The van der Waals surface area contributed by atoms with Crippen LogP contribution in [0.25, 0.3) is 22.2 Å². The summed E-state index contributed by atoms with van der Waals surface area (Å²) in [6, 6.07) is 11.8. The van der Waals surface area contributed by atoms with Crippen molar-refractivity contribution in [3.05, 3.63) is 54.0 Å². The van der Waals surface area contributed by atoms with Crippen LogP contribution < -0.4 is 0 Å². The SMILES string of the molecule is CC(=O)c1cc(-c2ccc3cc(C)ccc3n2)co1. The van der Waals surface area contributed by atoms with Crippen molar-refractivity contribution < 1.29 is 9.21 Å². The van der Waals surface area contributed by atoms with Crippen LogP contribution in [0.2, 0.25) is 0 Å². The first-order valence-corrected chi connectivity index (χ1v) is 6.11. The number of pyridine rings is 1. The third-order valence-corrected chi connectivity index (χ3v) is 3.09. The molecule has 0 aliphatic rings. The van der Waals surface area contributed by atoms with Crippen LogP contribution in [0.15, 0.2) is 47.1 Å². The summed E-state index contributed by atoms with van der Waals surface area (Å²) in [7, 11) is 0. The molecule has 3 heteroatoms. The number of fused-ring (bicyclic) bond motifs is 1. The van der Waals surface area contributed by atoms with Gasteiger partial charge in [-0.05, 0) is 31.2 Å². The van der Waals surface area contributed by atoms with Gasteiger partial charge < -0.3 is 4.42 Å². The summed E-state index contributed by atoms with van der Waals surface area (Å²) in [5, 5.41) is 1.11. The van der Waals surface area contributed by atoms with Crippen molar-refractivity contribution in [2.75, 3.05) is 0 Å². The van der Waals surface area contributed by atoms with Crippen LogP contribution in [0.4, 0.5) is 0 Å². The highest BCUT2D eigenvalue weighted by molar-refractivity contribution is 5.92. The number of carbonyl (C=O) groups excluding carboxylic acids is 1. The van der Waals surface area contributed by atoms with Crippen molar-refractivity contribution in [3.8, 4) is 11.3 Å². The van der Waals surface area contributed by atoms with E-state index >= 15 is 0 Å². The van der Waals surface area contributed by atoms with Gasteiger partial charge in [-0.15, -0.1) is 0 Å². The topological polar surface area (TPSA) is 43.1 Å². The van der Waals surface area contributed by atoms with E-state index in [0.29, 0.717) is 5.76 Å². The number of furan rings is 1. The number of ketones is 1. The summed E-state index contributed by atoms with van der Waals surface area (Å²) < 4.78 is 5.22. The third kappa shape index (κ3) is 2.15. The minimum Gasteiger partial charge on any atom is -0.461 e. The first-order valence-electron chi connectivity index (χ1n) is 6.11. The van der Waals surface area contributed by atoms with Gasteiger partial charge in [0.05, 0.1) is 11.2 Å². The second-order valence-corrected chi connectivity index (χ2v) is 4.65. The Labute approximate surface area is 110 Å². The average molecular weight is 251 g/mol. The monoisotopic (exact) mass is 251 g/mol. The second-order valence-electron chi connectivity index (χ2n) is 4.65. The molecule has 2 aromatic heterocycles. The van der Waals surface area contributed by atoms with E-state index in [9.17, 15) is 4.79 Å². The zero-order valence-electron chi connectivity index (χ0n) is 10.8. The van der Waals surface area contributed by atoms with Crippen molar-refractivity contribution in [2.45, 2.75) is 13.8 Å². The summed E-state index contributed by atoms with van der Waals surface area (Å²) in [6.45, 7) is 3.54. The molecule has 0 radical (unpaired) electrons. The molecule has 0 bridgehead atoms. The Morgan fingerprint density at radius 2 is 2.00 bits per heavy atom. The van der Waals surface area contributed by atoms with Crippen LogP contribution in [-0.2, 0) is 0 Å². The van der Waals surface area contributed by atoms with Crippen molar-refractivity contribution in [2.24, 2.45) is 0 Å². The lowest BCUT2D eigenvalue weighted by atomic mass is 10.1. The molecular weight excluding hydrogens is 238 g/mol. The van der Waals surface area contributed by atoms with Gasteiger partial charge in [0.25, 0.3) is 0 Å². The maximum atomic E-state index is 11.2. The maximum Gasteiger partial charge on any atom is 0.194 e. The van der Waals surface area contributed by atoms with Crippen LogP contribution in [0.5, 0.6) is 0 Å². The third-order valence-electron chi connectivity index (χ3n) is 3.09. The molecule has 0 saturated heterocycles. The highest BCUT2D eigenvalue weighted by Gasteiger charge is 2.09. The van der Waals surface area contributed by atoms with Crippen molar-refractivity contribution in [1.29, 1.82) is 0 Å². The number of benzene rings is 1. The molecule has 3 aromatic rings. The fourth-order valence-corrected chi connectivity index (χ4v) is 2.06. The lowest BCUT2D eigenvalue weighted by Crippen LogP contribution is -1.87. The molecule has 3 nitrogen and oxygen atoms in total. The van der Waals surface area contributed by atoms with Gasteiger partial charge in [-0.3, -0.25) is 4.79 Å². The summed E-state index contributed by atoms with van der Waals surface area (Å²) in [5.74, 6) is 0.281. The number of aromatic nitrogens is 1. The highest BCUT2D eigenvalue weighted by atomic mass is 16.3. The zero-order valence-corrected chi connectivity index (χ0v) is 10.8. The largest absolute Gasteiger partial charge is 0.461 e. The van der Waals surface area contributed by atoms with Gasteiger partial charge in [0.2, 0.25) is 0 Å². The van der Waals surface area contributed by atoms with E-state index in [0.717, 1.165) is 22.2 Å². The summed E-state index contributed by atoms with van der Waals surface area (Å²) in [4.78, 5) is 15.8. The van der Waals surface area contributed by atoms with Gasteiger partial charge in [0.15, 0.2) is 11.5 Å². The molecule has 19 heavy (non-hydrogen) atoms. The molecule has 0 N–H and O–H groups in total. The normalized spacial score (nSPS) is 10.8. The molecule has 0 spiro atoms. The highest BCUT2D eigenvalue weighted by Crippen LogP contribution is 2.23. The van der Waals surface area contributed by atoms with Gasteiger partial charge in [-0.2, -0.15) is 0 Å². The van der Waals surface area contributed by atoms with E-state index in [1.165, 1.54) is 12.5 Å². The molecule has 3 rings (SSSR count). The molecule has 0 unspecified atom stereocenters. The zero-order chi connectivity index (χ0) is 13.4. The number of carbonyl (C=O) groups is 1. The average Bonchev–Trinajstić information content (AvgIpc) is 2.88. The number of nitrogens with zero attached hydrogens (tertiary/aromatic N) is 1. The predicted molar refractivity (Wildman–Crippen MR) is 74.2 cm³/mol. The molecule has 2 heterocycles. The maximum absolute atomic E-state index is 11.2. The van der Waals surface area contributed by atoms with Crippen molar-refractivity contribution in [3.63, 3.8) is 0 Å². The van der Waals surface area contributed by atoms with Crippen LogP contribution in [-0.4, -0.2) is 10.8 Å². The molecule has 0 aliphatic carbocycles. The van der Waals surface area contributed by atoms with Gasteiger partial charge in [-0.25, -0.2) is 4.98 Å². The molecule has 94 valence electrons. The van der Waals surface area contributed by atoms with Crippen LogP contribution in [0.3, 0.4) is 0 Å². The first-order chi connectivity index (χ1) is 9.13. The fourth-order valence-electron chi connectivity index (χ4n) is 2.06. The van der Waals surface area contributed by atoms with E-state index in [1.54, 1.807) is 12.3 Å². The molecule has 0 aliphatic heterocycles. The summed E-state index contributed by atoms with van der Waals surface area (Å²) in [5.41, 5.74) is 3.79. The van der Waals surface area contributed by atoms with Crippen molar-refractivity contribution >= 4 is 16.7 Å². The predicted octanol–water partition coefficient (Wildman–Crippen LogP) is 4.01. The Balaban J connectivity index is 2.09. The Morgan fingerprint density at radius 3 is 2.74 bits per heavy atom. The van der Waals surface area contributed by atoms with Crippen LogP contribution in [0.1, 0.15) is 23.0 Å². The molecular formula is C16H13NO2. The first kappa shape index (κ1) is 11.7. The van der Waals surface area contributed by atoms with E-state index < -0.39 is 0 Å². The Morgan fingerprint density at radius 1 is 1.16 bits per heavy atom. The van der Waals surface area contributed by atoms with E-state index in [-0.39, 0.29) is 5.78 Å². The summed E-state index contributed by atoms with van der Waals surface area (Å²) >= 11 is 0. The Bertz CT molecular complexity index is 771. The molecule has 0 fully saturated rings. The number of aryl methyl sites for hydroxylation is 1. The minimum atomic E-state index is -0.0809. The fraction of sp³-hybridized carbons (Fsp3) is 0.125. The lowest BCUT2D eigenvalue weighted by molar-refractivity contribution is 0.0987. The van der Waals surface area contributed by atoms with Gasteiger partial charge in [0.1, 0.15) is 6.26 Å². The van der Waals surface area contributed by atoms with Crippen LogP contribution >= 0.6 is 0 Å². The Hall–Kier alpha value is -2.42. The Kier molecular flexibility index (Phi) is 2.67. The standard InChI is InChI=1S/C16H13NO2/c1-10-3-5-14-12(7-10)4-6-15(17-14)13-8-16(11(2)18)19-9-13/h3-9H,1-2H3. The van der Waals surface area contributed by atoms with Gasteiger partial charge in [-0.1, -0.05) is 17.7 Å². The molecule has 0 atom stereocenters. The molecule has 0 amide bonds. The number of Topliss-reactive ketones (excluding diaryl/α,β-unsaturated/α-hetero) is 1. The molecule has 1 aromatic carbocycles. The van der Waals surface area contributed by atoms with Crippen molar-refractivity contribution in [1.82, 2.24) is 4.98 Å².